The van der Waals surface area contributed by atoms with Gasteiger partial charge in [-0.05, 0) is 49.2 Å². The molecule has 0 radical (unpaired) electrons. The van der Waals surface area contributed by atoms with Crippen LogP contribution >= 0.6 is 0 Å². The number of piperidine rings is 1. The van der Waals surface area contributed by atoms with E-state index in [9.17, 15) is 9.18 Å². The fourth-order valence-corrected chi connectivity index (χ4v) is 3.13. The molecule has 2 aromatic heterocycles. The Morgan fingerprint density at radius 1 is 1.22 bits per heavy atom. The molecular formula is C19H19FN4O3. The lowest BCUT2D eigenvalue weighted by molar-refractivity contribution is 0.174. The summed E-state index contributed by atoms with van der Waals surface area (Å²) in [5.74, 6) is 1.53. The number of nitrogens with zero attached hydrogens (tertiary/aromatic N) is 3. The van der Waals surface area contributed by atoms with Crippen LogP contribution in [-0.2, 0) is 6.54 Å². The van der Waals surface area contributed by atoms with Gasteiger partial charge in [0.05, 0.1) is 12.8 Å². The number of furan rings is 1. The number of benzene rings is 1. The van der Waals surface area contributed by atoms with Crippen LogP contribution in [0.15, 0.2) is 51.6 Å². The highest BCUT2D eigenvalue weighted by Gasteiger charge is 2.27. The lowest BCUT2D eigenvalue weighted by Gasteiger charge is -2.30. The van der Waals surface area contributed by atoms with Gasteiger partial charge in [0.15, 0.2) is 0 Å². The van der Waals surface area contributed by atoms with E-state index in [-0.39, 0.29) is 17.8 Å². The highest BCUT2D eigenvalue weighted by Crippen LogP contribution is 2.28. The molecule has 0 saturated carbocycles. The van der Waals surface area contributed by atoms with E-state index in [2.05, 4.69) is 15.5 Å². The van der Waals surface area contributed by atoms with Gasteiger partial charge >= 0.3 is 6.03 Å². The van der Waals surface area contributed by atoms with Crippen molar-refractivity contribution in [3.63, 3.8) is 0 Å². The van der Waals surface area contributed by atoms with Crippen LogP contribution in [0.1, 0.15) is 30.4 Å². The largest absolute Gasteiger partial charge is 0.467 e. The van der Waals surface area contributed by atoms with Gasteiger partial charge in [0, 0.05) is 24.6 Å². The Balaban J connectivity index is 1.31. The van der Waals surface area contributed by atoms with E-state index in [0.29, 0.717) is 36.9 Å². The Morgan fingerprint density at radius 3 is 2.70 bits per heavy atom. The molecule has 3 aromatic rings. The van der Waals surface area contributed by atoms with Crippen molar-refractivity contribution < 1.29 is 18.1 Å². The number of amides is 2. The Morgan fingerprint density at radius 2 is 2.00 bits per heavy atom. The van der Waals surface area contributed by atoms with Gasteiger partial charge in [0.1, 0.15) is 11.6 Å². The van der Waals surface area contributed by atoms with Gasteiger partial charge in [-0.3, -0.25) is 0 Å². The standard InChI is InChI=1S/C19H19FN4O3/c20-15-5-3-13(4-6-15)17-22-18(27-23-17)14-7-9-24(10-8-14)19(25)21-12-16-2-1-11-26-16/h1-6,11,14H,7-10,12H2,(H,21,25). The number of halogens is 1. The molecule has 3 heterocycles. The molecule has 1 aromatic carbocycles. The molecule has 1 aliphatic rings. The summed E-state index contributed by atoms with van der Waals surface area (Å²) in [6, 6.07) is 9.48. The average molecular weight is 370 g/mol. The number of hydrogen-bond donors (Lipinski definition) is 1. The smallest absolute Gasteiger partial charge is 0.317 e. The zero-order valence-electron chi connectivity index (χ0n) is 14.6. The van der Waals surface area contributed by atoms with Crippen LogP contribution < -0.4 is 5.32 Å². The van der Waals surface area contributed by atoms with E-state index in [1.165, 1.54) is 12.1 Å². The first kappa shape index (κ1) is 17.3. The molecule has 1 fully saturated rings. The summed E-state index contributed by atoms with van der Waals surface area (Å²) in [6.07, 6.45) is 3.08. The van der Waals surface area contributed by atoms with Crippen LogP contribution in [-0.4, -0.2) is 34.2 Å². The van der Waals surface area contributed by atoms with E-state index < -0.39 is 0 Å². The monoisotopic (exact) mass is 370 g/mol. The summed E-state index contributed by atoms with van der Waals surface area (Å²) < 4.78 is 23.6. The minimum atomic E-state index is -0.305. The van der Waals surface area contributed by atoms with Gasteiger partial charge in [-0.25, -0.2) is 9.18 Å². The molecule has 27 heavy (non-hydrogen) atoms. The van der Waals surface area contributed by atoms with Crippen molar-refractivity contribution in [2.24, 2.45) is 0 Å². The van der Waals surface area contributed by atoms with Gasteiger partial charge in [0.2, 0.25) is 11.7 Å². The first-order valence-corrected chi connectivity index (χ1v) is 8.84. The minimum absolute atomic E-state index is 0.109. The van der Waals surface area contributed by atoms with Crippen molar-refractivity contribution in [3.05, 3.63) is 60.1 Å². The third-order valence-corrected chi connectivity index (χ3v) is 4.67. The van der Waals surface area contributed by atoms with Crippen molar-refractivity contribution in [1.82, 2.24) is 20.4 Å². The fourth-order valence-electron chi connectivity index (χ4n) is 3.13. The number of carbonyl (C=O) groups is 1. The van der Waals surface area contributed by atoms with E-state index in [4.69, 9.17) is 8.94 Å². The Bertz CT molecular complexity index is 884. The molecule has 1 aliphatic heterocycles. The average Bonchev–Trinajstić information content (AvgIpc) is 3.39. The minimum Gasteiger partial charge on any atom is -0.467 e. The molecule has 0 aliphatic carbocycles. The van der Waals surface area contributed by atoms with E-state index in [0.717, 1.165) is 18.6 Å². The number of likely N-dealkylation sites (tertiary alicyclic amines) is 1. The van der Waals surface area contributed by atoms with Crippen molar-refractivity contribution in [2.45, 2.75) is 25.3 Å². The van der Waals surface area contributed by atoms with Gasteiger partial charge < -0.3 is 19.2 Å². The molecule has 4 rings (SSSR count). The Kier molecular flexibility index (Phi) is 4.86. The van der Waals surface area contributed by atoms with Crippen molar-refractivity contribution in [1.29, 1.82) is 0 Å². The first-order valence-electron chi connectivity index (χ1n) is 8.84. The molecule has 8 heteroatoms. The maximum Gasteiger partial charge on any atom is 0.317 e. The SMILES string of the molecule is O=C(NCc1ccco1)N1CCC(c2nc(-c3ccc(F)cc3)no2)CC1. The lowest BCUT2D eigenvalue weighted by atomic mass is 9.97. The van der Waals surface area contributed by atoms with Gasteiger partial charge in [-0.2, -0.15) is 4.98 Å². The number of nitrogens with one attached hydrogen (secondary N) is 1. The maximum atomic E-state index is 13.0. The number of urea groups is 1. The van der Waals surface area contributed by atoms with Gasteiger partial charge in [-0.15, -0.1) is 0 Å². The number of hydrogen-bond acceptors (Lipinski definition) is 5. The Labute approximate surface area is 155 Å². The molecule has 0 unspecified atom stereocenters. The van der Waals surface area contributed by atoms with Crippen LogP contribution in [0.4, 0.5) is 9.18 Å². The summed E-state index contributed by atoms with van der Waals surface area (Å²) in [5.41, 5.74) is 0.709. The summed E-state index contributed by atoms with van der Waals surface area (Å²) in [5, 5.41) is 6.84. The van der Waals surface area contributed by atoms with Crippen LogP contribution in [0, 0.1) is 5.82 Å². The number of carbonyl (C=O) groups excluding carboxylic acids is 1. The van der Waals surface area contributed by atoms with Crippen LogP contribution in [0.5, 0.6) is 0 Å². The number of aromatic nitrogens is 2. The lowest BCUT2D eigenvalue weighted by Crippen LogP contribution is -2.43. The van der Waals surface area contributed by atoms with Crippen molar-refractivity contribution in [3.8, 4) is 11.4 Å². The Hall–Kier alpha value is -3.16. The van der Waals surface area contributed by atoms with Crippen molar-refractivity contribution in [2.75, 3.05) is 13.1 Å². The summed E-state index contributed by atoms with van der Waals surface area (Å²) >= 11 is 0. The molecule has 0 bridgehead atoms. The topological polar surface area (TPSA) is 84.4 Å². The highest BCUT2D eigenvalue weighted by atomic mass is 19.1. The van der Waals surface area contributed by atoms with Gasteiger partial charge in [0.25, 0.3) is 0 Å². The van der Waals surface area contributed by atoms with Crippen molar-refractivity contribution >= 4 is 6.03 Å². The normalized spacial score (nSPS) is 15.1. The molecular weight excluding hydrogens is 351 g/mol. The third-order valence-electron chi connectivity index (χ3n) is 4.67. The first-order chi connectivity index (χ1) is 13.2. The summed E-state index contributed by atoms with van der Waals surface area (Å²) in [6.45, 7) is 1.60. The molecule has 1 N–H and O–H groups in total. The summed E-state index contributed by atoms with van der Waals surface area (Å²) in [7, 11) is 0. The zero-order valence-corrected chi connectivity index (χ0v) is 14.6. The highest BCUT2D eigenvalue weighted by molar-refractivity contribution is 5.74. The second-order valence-electron chi connectivity index (χ2n) is 6.46. The van der Waals surface area contributed by atoms with E-state index >= 15 is 0 Å². The van der Waals surface area contributed by atoms with E-state index in [1.54, 1.807) is 29.4 Å². The zero-order chi connectivity index (χ0) is 18.6. The second kappa shape index (κ2) is 7.61. The maximum absolute atomic E-state index is 13.0. The quantitative estimate of drug-likeness (QED) is 0.759. The van der Waals surface area contributed by atoms with Gasteiger partial charge in [-0.1, -0.05) is 5.16 Å². The van der Waals surface area contributed by atoms with Crippen LogP contribution in [0.2, 0.25) is 0 Å². The third kappa shape index (κ3) is 3.99. The molecule has 0 spiro atoms. The number of rotatable bonds is 4. The molecule has 1 saturated heterocycles. The molecule has 0 atom stereocenters. The van der Waals surface area contributed by atoms with E-state index in [1.807, 2.05) is 6.07 Å². The molecule has 2 amide bonds. The fraction of sp³-hybridized carbons (Fsp3) is 0.316. The van der Waals surface area contributed by atoms with Crippen LogP contribution in [0.3, 0.4) is 0 Å². The molecule has 7 nitrogen and oxygen atoms in total. The molecule has 140 valence electrons. The summed E-state index contributed by atoms with van der Waals surface area (Å²) in [4.78, 5) is 18.5. The van der Waals surface area contributed by atoms with Crippen LogP contribution in [0.25, 0.3) is 11.4 Å². The predicted molar refractivity (Wildman–Crippen MR) is 94.2 cm³/mol. The second-order valence-corrected chi connectivity index (χ2v) is 6.46. The predicted octanol–water partition coefficient (Wildman–Crippen LogP) is 3.56.